The molecule has 0 bridgehead atoms. The molecular formula is C52H100O6. The molecule has 344 valence electrons. The summed E-state index contributed by atoms with van der Waals surface area (Å²) in [5, 5.41) is 0. The van der Waals surface area contributed by atoms with Crippen LogP contribution in [-0.2, 0) is 28.6 Å². The highest BCUT2D eigenvalue weighted by atomic mass is 16.6. The largest absolute Gasteiger partial charge is 0.462 e. The first-order chi connectivity index (χ1) is 28.4. The molecule has 0 saturated heterocycles. The zero-order valence-electron chi connectivity index (χ0n) is 39.5. The third-order valence-electron chi connectivity index (χ3n) is 12.2. The van der Waals surface area contributed by atoms with Gasteiger partial charge in [0, 0.05) is 19.3 Å². The molecule has 0 rings (SSSR count). The molecule has 0 aliphatic heterocycles. The Kier molecular flexibility index (Phi) is 45.2. The molecular weight excluding hydrogens is 721 g/mol. The molecule has 58 heavy (non-hydrogen) atoms. The summed E-state index contributed by atoms with van der Waals surface area (Å²) in [5.41, 5.74) is 0. The molecule has 0 fully saturated rings. The van der Waals surface area contributed by atoms with Gasteiger partial charge in [-0.2, -0.15) is 0 Å². The van der Waals surface area contributed by atoms with Crippen molar-refractivity contribution in [3.05, 3.63) is 0 Å². The number of esters is 3. The van der Waals surface area contributed by atoms with E-state index in [2.05, 4.69) is 27.7 Å². The maximum absolute atomic E-state index is 12.7. The second-order valence-electron chi connectivity index (χ2n) is 18.1. The molecule has 0 aliphatic carbocycles. The van der Waals surface area contributed by atoms with E-state index >= 15 is 0 Å². The monoisotopic (exact) mass is 821 g/mol. The molecule has 0 saturated carbocycles. The Labute approximate surface area is 361 Å². The van der Waals surface area contributed by atoms with Crippen molar-refractivity contribution in [3.8, 4) is 0 Å². The van der Waals surface area contributed by atoms with Gasteiger partial charge in [0.2, 0.25) is 0 Å². The summed E-state index contributed by atoms with van der Waals surface area (Å²) < 4.78 is 16.7. The maximum atomic E-state index is 12.7. The summed E-state index contributed by atoms with van der Waals surface area (Å²) in [6.45, 7) is 9.03. The van der Waals surface area contributed by atoms with Gasteiger partial charge in [-0.15, -0.1) is 0 Å². The van der Waals surface area contributed by atoms with Crippen molar-refractivity contribution >= 4 is 17.9 Å². The summed E-state index contributed by atoms with van der Waals surface area (Å²) in [7, 11) is 0. The van der Waals surface area contributed by atoms with Crippen molar-refractivity contribution in [2.75, 3.05) is 13.2 Å². The van der Waals surface area contributed by atoms with E-state index in [9.17, 15) is 14.4 Å². The summed E-state index contributed by atoms with van der Waals surface area (Å²) in [4.78, 5) is 37.7. The molecule has 0 aliphatic rings. The maximum Gasteiger partial charge on any atom is 0.306 e. The molecule has 0 aromatic heterocycles. The number of hydrogen-bond acceptors (Lipinski definition) is 6. The zero-order chi connectivity index (χ0) is 42.4. The third kappa shape index (κ3) is 44.0. The molecule has 0 N–H and O–H groups in total. The highest BCUT2D eigenvalue weighted by Gasteiger charge is 2.19. The van der Waals surface area contributed by atoms with Crippen LogP contribution >= 0.6 is 0 Å². The molecule has 0 heterocycles. The van der Waals surface area contributed by atoms with Gasteiger partial charge in [0.25, 0.3) is 0 Å². The number of rotatable bonds is 47. The van der Waals surface area contributed by atoms with E-state index in [0.29, 0.717) is 19.3 Å². The summed E-state index contributed by atoms with van der Waals surface area (Å²) in [6.07, 6.45) is 48.2. The average molecular weight is 821 g/mol. The van der Waals surface area contributed by atoms with Crippen molar-refractivity contribution in [1.29, 1.82) is 0 Å². The molecule has 6 nitrogen and oxygen atoms in total. The summed E-state index contributed by atoms with van der Waals surface area (Å²) in [6, 6.07) is 0. The fourth-order valence-electron chi connectivity index (χ4n) is 7.83. The van der Waals surface area contributed by atoms with Gasteiger partial charge in [-0.1, -0.05) is 252 Å². The number of carbonyl (C=O) groups excluding carboxylic acids is 3. The van der Waals surface area contributed by atoms with Gasteiger partial charge in [0.15, 0.2) is 6.10 Å². The molecule has 0 aromatic carbocycles. The standard InChI is InChI=1S/C52H100O6/c1-5-8-10-12-14-15-24-29-33-37-41-45-52(55)58-49(46-56-50(53)43-39-35-30-13-11-9-6-2)47-57-51(54)44-40-36-32-28-26-23-21-19-17-16-18-20-22-25-27-31-34-38-42-48(4)7-3/h48-49H,5-47H2,1-4H3/t48?,49-/m0/s1. The summed E-state index contributed by atoms with van der Waals surface area (Å²) >= 11 is 0. The molecule has 0 spiro atoms. The first-order valence-corrected chi connectivity index (χ1v) is 25.9. The van der Waals surface area contributed by atoms with Gasteiger partial charge in [0.1, 0.15) is 13.2 Å². The number of carbonyl (C=O) groups is 3. The van der Waals surface area contributed by atoms with Crippen LogP contribution in [0.2, 0.25) is 0 Å². The number of ether oxygens (including phenoxy) is 3. The Morgan fingerprint density at radius 2 is 0.603 bits per heavy atom. The number of unbranched alkanes of at least 4 members (excludes halogenated alkanes) is 33. The van der Waals surface area contributed by atoms with E-state index in [1.165, 1.54) is 186 Å². The lowest BCUT2D eigenvalue weighted by Gasteiger charge is -2.18. The molecule has 0 radical (unpaired) electrons. The van der Waals surface area contributed by atoms with E-state index in [4.69, 9.17) is 14.2 Å². The Bertz CT molecular complexity index is 874. The first-order valence-electron chi connectivity index (χ1n) is 25.9. The van der Waals surface area contributed by atoms with Gasteiger partial charge in [-0.05, 0) is 25.2 Å². The SMILES string of the molecule is CCCCCCCCCCCCCC(=O)O[C@@H](COC(=O)CCCCCCCCC)COC(=O)CCCCCCCCCCCCCCCCCCCCC(C)CC. The second-order valence-corrected chi connectivity index (χ2v) is 18.1. The van der Waals surface area contributed by atoms with Gasteiger partial charge >= 0.3 is 17.9 Å². The highest BCUT2D eigenvalue weighted by molar-refractivity contribution is 5.71. The fourth-order valence-corrected chi connectivity index (χ4v) is 7.83. The molecule has 0 aromatic rings. The van der Waals surface area contributed by atoms with Crippen LogP contribution in [-0.4, -0.2) is 37.2 Å². The van der Waals surface area contributed by atoms with E-state index in [1.807, 2.05) is 0 Å². The van der Waals surface area contributed by atoms with Gasteiger partial charge < -0.3 is 14.2 Å². The van der Waals surface area contributed by atoms with E-state index < -0.39 is 6.10 Å². The predicted molar refractivity (Wildman–Crippen MR) is 247 cm³/mol. The third-order valence-corrected chi connectivity index (χ3v) is 12.2. The minimum Gasteiger partial charge on any atom is -0.462 e. The lowest BCUT2D eigenvalue weighted by molar-refractivity contribution is -0.167. The van der Waals surface area contributed by atoms with Crippen molar-refractivity contribution in [1.82, 2.24) is 0 Å². The Morgan fingerprint density at radius 1 is 0.345 bits per heavy atom. The molecule has 0 amide bonds. The summed E-state index contributed by atoms with van der Waals surface area (Å²) in [5.74, 6) is 0.0566. The lowest BCUT2D eigenvalue weighted by atomic mass is 9.99. The molecule has 6 heteroatoms. The van der Waals surface area contributed by atoms with Crippen LogP contribution in [0.15, 0.2) is 0 Å². The first kappa shape index (κ1) is 56.4. The molecule has 1 unspecified atom stereocenters. The van der Waals surface area contributed by atoms with Crippen molar-refractivity contribution < 1.29 is 28.6 Å². The lowest BCUT2D eigenvalue weighted by Crippen LogP contribution is -2.30. The van der Waals surface area contributed by atoms with Gasteiger partial charge in [-0.25, -0.2) is 0 Å². The van der Waals surface area contributed by atoms with Crippen LogP contribution in [0, 0.1) is 5.92 Å². The van der Waals surface area contributed by atoms with Crippen LogP contribution < -0.4 is 0 Å². The minimum atomic E-state index is -0.758. The van der Waals surface area contributed by atoms with Gasteiger partial charge in [-0.3, -0.25) is 14.4 Å². The fraction of sp³-hybridized carbons (Fsp3) is 0.942. The smallest absolute Gasteiger partial charge is 0.306 e. The Morgan fingerprint density at radius 3 is 0.897 bits per heavy atom. The van der Waals surface area contributed by atoms with Crippen LogP contribution in [0.5, 0.6) is 0 Å². The minimum absolute atomic E-state index is 0.0632. The quantitative estimate of drug-likeness (QED) is 0.0346. The predicted octanol–water partition coefficient (Wildman–Crippen LogP) is 16.7. The average Bonchev–Trinajstić information content (AvgIpc) is 3.22. The number of hydrogen-bond donors (Lipinski definition) is 0. The van der Waals surface area contributed by atoms with Crippen LogP contribution in [0.3, 0.4) is 0 Å². The Balaban J connectivity index is 4.09. The topological polar surface area (TPSA) is 78.9 Å². The van der Waals surface area contributed by atoms with Crippen molar-refractivity contribution in [2.45, 2.75) is 297 Å². The van der Waals surface area contributed by atoms with Crippen LogP contribution in [0.4, 0.5) is 0 Å². The van der Waals surface area contributed by atoms with Gasteiger partial charge in [0.05, 0.1) is 0 Å². The van der Waals surface area contributed by atoms with Crippen LogP contribution in [0.1, 0.15) is 291 Å². The second kappa shape index (κ2) is 46.5. The molecule has 2 atom stereocenters. The zero-order valence-corrected chi connectivity index (χ0v) is 39.5. The van der Waals surface area contributed by atoms with Crippen molar-refractivity contribution in [3.63, 3.8) is 0 Å². The van der Waals surface area contributed by atoms with E-state index in [1.54, 1.807) is 0 Å². The van der Waals surface area contributed by atoms with Crippen molar-refractivity contribution in [2.24, 2.45) is 5.92 Å². The normalized spacial score (nSPS) is 12.4. The van der Waals surface area contributed by atoms with E-state index in [-0.39, 0.29) is 31.1 Å². The Hall–Kier alpha value is -1.59. The highest BCUT2D eigenvalue weighted by Crippen LogP contribution is 2.18. The van der Waals surface area contributed by atoms with Crippen LogP contribution in [0.25, 0.3) is 0 Å². The van der Waals surface area contributed by atoms with E-state index in [0.717, 1.165) is 63.7 Å².